The first kappa shape index (κ1) is 13.8. The molecule has 1 aromatic heterocycles. The van der Waals surface area contributed by atoms with Crippen LogP contribution in [0.1, 0.15) is 33.0 Å². The van der Waals surface area contributed by atoms with Crippen molar-refractivity contribution in [1.82, 2.24) is 14.8 Å². The minimum Gasteiger partial charge on any atom is -0.480 e. The summed E-state index contributed by atoms with van der Waals surface area (Å²) in [5, 5.41) is 13.0. The third-order valence-corrected chi connectivity index (χ3v) is 4.31. The van der Waals surface area contributed by atoms with Crippen LogP contribution in [0.5, 0.6) is 0 Å². The maximum Gasteiger partial charge on any atom is 0.321 e. The third kappa shape index (κ3) is 3.12. The summed E-state index contributed by atoms with van der Waals surface area (Å²) in [7, 11) is -1.53. The number of hydrogen-bond donors (Lipinski definition) is 1. The van der Waals surface area contributed by atoms with Crippen LogP contribution in [0.2, 0.25) is 0 Å². The fourth-order valence-electron chi connectivity index (χ4n) is 1.19. The highest BCUT2D eigenvalue weighted by atomic mass is 32.2. The van der Waals surface area contributed by atoms with Crippen molar-refractivity contribution >= 4 is 16.8 Å². The number of aryl methyl sites for hydroxylation is 1. The van der Waals surface area contributed by atoms with E-state index in [0.717, 1.165) is 6.42 Å². The predicted octanol–water partition coefficient (Wildman–Crippen LogP) is 0.800. The number of aliphatic carboxylic acids is 1. The molecule has 0 spiro atoms. The van der Waals surface area contributed by atoms with Crippen LogP contribution in [0, 0.1) is 0 Å². The summed E-state index contributed by atoms with van der Waals surface area (Å²) in [4.78, 5) is 15.0. The van der Waals surface area contributed by atoms with Gasteiger partial charge in [0.05, 0.1) is 5.75 Å². The van der Waals surface area contributed by atoms with Crippen LogP contribution in [-0.2, 0) is 27.9 Å². The van der Waals surface area contributed by atoms with Gasteiger partial charge < -0.3 is 5.11 Å². The maximum atomic E-state index is 12.0. The lowest BCUT2D eigenvalue weighted by Gasteiger charge is -2.18. The van der Waals surface area contributed by atoms with Crippen molar-refractivity contribution in [2.75, 3.05) is 0 Å². The molecule has 1 aromatic rings. The summed E-state index contributed by atoms with van der Waals surface area (Å²) < 4.78 is 12.4. The molecule has 0 radical (unpaired) electrons. The Hall–Kier alpha value is -1.24. The van der Waals surface area contributed by atoms with E-state index >= 15 is 0 Å². The van der Waals surface area contributed by atoms with E-state index in [4.69, 9.17) is 5.11 Å². The molecule has 17 heavy (non-hydrogen) atoms. The Morgan fingerprint density at radius 2 is 2.24 bits per heavy atom. The highest BCUT2D eigenvalue weighted by molar-refractivity contribution is 7.86. The van der Waals surface area contributed by atoms with Gasteiger partial charge in [-0.05, 0) is 20.3 Å². The molecule has 0 aromatic carbocycles. The van der Waals surface area contributed by atoms with E-state index in [1.165, 1.54) is 20.2 Å². The molecule has 0 fully saturated rings. The van der Waals surface area contributed by atoms with Gasteiger partial charge >= 0.3 is 5.97 Å². The van der Waals surface area contributed by atoms with Crippen LogP contribution in [-0.4, -0.2) is 34.8 Å². The smallest absolute Gasteiger partial charge is 0.321 e. The van der Waals surface area contributed by atoms with Gasteiger partial charge in [-0.25, -0.2) is 9.67 Å². The molecular formula is C10H17N3O3S. The van der Waals surface area contributed by atoms with Gasteiger partial charge in [0.25, 0.3) is 0 Å². The van der Waals surface area contributed by atoms with Crippen LogP contribution in [0.25, 0.3) is 0 Å². The molecule has 96 valence electrons. The second-order valence-corrected chi connectivity index (χ2v) is 6.21. The molecule has 0 aliphatic carbocycles. The molecule has 0 aliphatic rings. The first-order chi connectivity index (χ1) is 7.89. The van der Waals surface area contributed by atoms with Gasteiger partial charge in [0.1, 0.15) is 16.9 Å². The molecule has 0 saturated carbocycles. The number of aromatic nitrogens is 3. The van der Waals surface area contributed by atoms with E-state index < -0.39 is 21.5 Å². The Morgan fingerprint density at radius 1 is 1.59 bits per heavy atom. The zero-order valence-electron chi connectivity index (χ0n) is 10.2. The van der Waals surface area contributed by atoms with Crippen LogP contribution < -0.4 is 0 Å². The molecule has 1 heterocycles. The average molecular weight is 259 g/mol. The molecule has 7 heteroatoms. The van der Waals surface area contributed by atoms with E-state index in [0.29, 0.717) is 12.4 Å². The summed E-state index contributed by atoms with van der Waals surface area (Å²) in [6, 6.07) is 0. The minimum absolute atomic E-state index is 0.110. The second-order valence-electron chi connectivity index (χ2n) is 4.20. The Balaban J connectivity index is 2.81. The van der Waals surface area contributed by atoms with Gasteiger partial charge in [0, 0.05) is 17.3 Å². The van der Waals surface area contributed by atoms with Crippen LogP contribution in [0.3, 0.4) is 0 Å². The number of carboxylic acid groups (broad SMARTS) is 1. The van der Waals surface area contributed by atoms with Crippen molar-refractivity contribution in [1.29, 1.82) is 0 Å². The predicted molar refractivity (Wildman–Crippen MR) is 63.9 cm³/mol. The monoisotopic (exact) mass is 259 g/mol. The normalized spacial score (nSPS) is 13.6. The summed E-state index contributed by atoms with van der Waals surface area (Å²) in [5.74, 6) is -0.392. The molecule has 6 nitrogen and oxygen atoms in total. The van der Waals surface area contributed by atoms with Gasteiger partial charge in [-0.2, -0.15) is 5.10 Å². The zero-order chi connectivity index (χ0) is 13.1. The molecule has 0 bridgehead atoms. The largest absolute Gasteiger partial charge is 0.480 e. The van der Waals surface area contributed by atoms with E-state index in [1.54, 1.807) is 4.68 Å². The molecule has 0 amide bonds. The number of carboxylic acids is 1. The topological polar surface area (TPSA) is 85.1 Å². The van der Waals surface area contributed by atoms with Crippen molar-refractivity contribution in [2.24, 2.45) is 0 Å². The SMILES string of the molecule is CCCn1ncnc1CS(=O)C(C)(C)C(=O)O. The van der Waals surface area contributed by atoms with Gasteiger partial charge in [0.2, 0.25) is 0 Å². The number of rotatable bonds is 6. The van der Waals surface area contributed by atoms with E-state index in [9.17, 15) is 9.00 Å². The fraction of sp³-hybridized carbons (Fsp3) is 0.700. The maximum absolute atomic E-state index is 12.0. The van der Waals surface area contributed by atoms with Crippen LogP contribution >= 0.6 is 0 Å². The summed E-state index contributed by atoms with van der Waals surface area (Å²) in [5.41, 5.74) is 0. The first-order valence-corrected chi connectivity index (χ1v) is 6.70. The Labute approximate surface area is 103 Å². The molecule has 1 rings (SSSR count). The molecule has 1 N–H and O–H groups in total. The molecule has 1 unspecified atom stereocenters. The van der Waals surface area contributed by atoms with E-state index in [1.807, 2.05) is 6.92 Å². The summed E-state index contributed by atoms with van der Waals surface area (Å²) >= 11 is 0. The minimum atomic E-state index is -1.53. The first-order valence-electron chi connectivity index (χ1n) is 5.38. The quantitative estimate of drug-likeness (QED) is 0.816. The van der Waals surface area contributed by atoms with Gasteiger partial charge in [0.15, 0.2) is 0 Å². The van der Waals surface area contributed by atoms with Crippen molar-refractivity contribution in [3.8, 4) is 0 Å². The fourth-order valence-corrected chi connectivity index (χ4v) is 2.21. The lowest BCUT2D eigenvalue weighted by atomic mass is 10.2. The highest BCUT2D eigenvalue weighted by Crippen LogP contribution is 2.16. The summed E-state index contributed by atoms with van der Waals surface area (Å²) in [6.45, 7) is 5.60. The van der Waals surface area contributed by atoms with Crippen molar-refractivity contribution in [2.45, 2.75) is 44.2 Å². The standard InChI is InChI=1S/C10H17N3O3S/c1-4-5-13-8(11-7-12-13)6-17(16)10(2,3)9(14)15/h7H,4-6H2,1-3H3,(H,14,15). The van der Waals surface area contributed by atoms with Gasteiger partial charge in [-0.3, -0.25) is 9.00 Å². The van der Waals surface area contributed by atoms with Crippen molar-refractivity contribution in [3.63, 3.8) is 0 Å². The van der Waals surface area contributed by atoms with E-state index in [2.05, 4.69) is 10.1 Å². The molecular weight excluding hydrogens is 242 g/mol. The van der Waals surface area contributed by atoms with Crippen LogP contribution in [0.4, 0.5) is 0 Å². The highest BCUT2D eigenvalue weighted by Gasteiger charge is 2.35. The lowest BCUT2D eigenvalue weighted by Crippen LogP contribution is -2.37. The lowest BCUT2D eigenvalue weighted by molar-refractivity contribution is -0.139. The zero-order valence-corrected chi connectivity index (χ0v) is 11.0. The Kier molecular flexibility index (Phi) is 4.39. The molecule has 0 aliphatic heterocycles. The Bertz CT molecular complexity index is 428. The van der Waals surface area contributed by atoms with Crippen LogP contribution in [0.15, 0.2) is 6.33 Å². The average Bonchev–Trinajstić information content (AvgIpc) is 2.66. The van der Waals surface area contributed by atoms with Crippen molar-refractivity contribution < 1.29 is 14.1 Å². The summed E-state index contributed by atoms with van der Waals surface area (Å²) in [6.07, 6.45) is 2.29. The van der Waals surface area contributed by atoms with Gasteiger partial charge in [-0.15, -0.1) is 0 Å². The van der Waals surface area contributed by atoms with E-state index in [-0.39, 0.29) is 5.75 Å². The molecule has 1 atom stereocenters. The van der Waals surface area contributed by atoms with Crippen molar-refractivity contribution in [3.05, 3.63) is 12.2 Å². The third-order valence-electron chi connectivity index (χ3n) is 2.48. The molecule has 0 saturated heterocycles. The van der Waals surface area contributed by atoms with Gasteiger partial charge in [-0.1, -0.05) is 6.92 Å². The number of hydrogen-bond acceptors (Lipinski definition) is 4. The Morgan fingerprint density at radius 3 is 2.76 bits per heavy atom. The second kappa shape index (κ2) is 5.39. The number of nitrogens with zero attached hydrogens (tertiary/aromatic N) is 3. The number of carbonyl (C=O) groups is 1.